The van der Waals surface area contributed by atoms with Gasteiger partial charge in [-0.2, -0.15) is 0 Å². The van der Waals surface area contributed by atoms with E-state index in [0.717, 1.165) is 22.2 Å². The van der Waals surface area contributed by atoms with Crippen molar-refractivity contribution < 1.29 is 4.79 Å². The van der Waals surface area contributed by atoms with E-state index in [1.165, 1.54) is 0 Å². The number of aromatic amines is 1. The molecule has 0 fully saturated rings. The molecule has 3 N–H and O–H groups in total. The average molecular weight is 265 g/mol. The standard InChI is InChI=1S/C16H15N3O/c1-16(15(17)20,11-5-3-2-4-6-11)12-7-8-13-14(9-12)19-10-18-13/h2-10H,1H3,(H2,17,20)(H,18,19). The van der Waals surface area contributed by atoms with Crippen LogP contribution in [-0.2, 0) is 10.2 Å². The van der Waals surface area contributed by atoms with Gasteiger partial charge in [0.05, 0.1) is 22.8 Å². The molecule has 2 aromatic carbocycles. The predicted octanol–water partition coefficient (Wildman–Crippen LogP) is 2.35. The van der Waals surface area contributed by atoms with Crippen LogP contribution in [0.2, 0.25) is 0 Å². The van der Waals surface area contributed by atoms with E-state index in [1.54, 1.807) is 6.33 Å². The van der Waals surface area contributed by atoms with Crippen LogP contribution in [-0.4, -0.2) is 15.9 Å². The molecule has 4 nitrogen and oxygen atoms in total. The minimum Gasteiger partial charge on any atom is -0.369 e. The van der Waals surface area contributed by atoms with Crippen LogP contribution < -0.4 is 5.73 Å². The van der Waals surface area contributed by atoms with Crippen molar-refractivity contribution in [1.82, 2.24) is 9.97 Å². The van der Waals surface area contributed by atoms with E-state index in [0.29, 0.717) is 0 Å². The van der Waals surface area contributed by atoms with Crippen LogP contribution in [0.5, 0.6) is 0 Å². The molecule has 0 saturated heterocycles. The van der Waals surface area contributed by atoms with Crippen molar-refractivity contribution >= 4 is 16.9 Å². The predicted molar refractivity (Wildman–Crippen MR) is 78.2 cm³/mol. The number of rotatable bonds is 3. The number of nitrogens with two attached hydrogens (primary N) is 1. The molecule has 100 valence electrons. The van der Waals surface area contributed by atoms with Crippen molar-refractivity contribution in [3.63, 3.8) is 0 Å². The molecule has 0 aliphatic carbocycles. The second-order valence-electron chi connectivity index (χ2n) is 4.99. The molecular formula is C16H15N3O. The summed E-state index contributed by atoms with van der Waals surface area (Å²) in [6, 6.07) is 15.3. The van der Waals surface area contributed by atoms with Crippen molar-refractivity contribution in [3.8, 4) is 0 Å². The van der Waals surface area contributed by atoms with Crippen molar-refractivity contribution in [2.24, 2.45) is 5.73 Å². The highest BCUT2D eigenvalue weighted by molar-refractivity contribution is 5.91. The van der Waals surface area contributed by atoms with Gasteiger partial charge in [-0.15, -0.1) is 0 Å². The quantitative estimate of drug-likeness (QED) is 0.763. The Morgan fingerprint density at radius 2 is 1.90 bits per heavy atom. The molecule has 0 aliphatic rings. The van der Waals surface area contributed by atoms with E-state index in [9.17, 15) is 4.79 Å². The Labute approximate surface area is 116 Å². The second-order valence-corrected chi connectivity index (χ2v) is 4.99. The largest absolute Gasteiger partial charge is 0.369 e. The Balaban J connectivity index is 2.22. The summed E-state index contributed by atoms with van der Waals surface area (Å²) in [4.78, 5) is 19.4. The first kappa shape index (κ1) is 12.4. The first-order chi connectivity index (χ1) is 9.62. The highest BCUT2D eigenvalue weighted by Gasteiger charge is 2.35. The Bertz CT molecular complexity index is 764. The number of carbonyl (C=O) groups is 1. The molecule has 4 heteroatoms. The third-order valence-corrected chi connectivity index (χ3v) is 3.84. The van der Waals surface area contributed by atoms with Gasteiger partial charge in [0.25, 0.3) is 0 Å². The molecule has 0 aliphatic heterocycles. The minimum absolute atomic E-state index is 0.376. The summed E-state index contributed by atoms with van der Waals surface area (Å²) in [5.74, 6) is -0.376. The number of aromatic nitrogens is 2. The number of amides is 1. The van der Waals surface area contributed by atoms with Crippen LogP contribution in [0.25, 0.3) is 11.0 Å². The lowest BCUT2D eigenvalue weighted by Gasteiger charge is -2.27. The third kappa shape index (κ3) is 1.77. The summed E-state index contributed by atoms with van der Waals surface area (Å²) in [5, 5.41) is 0. The van der Waals surface area contributed by atoms with Gasteiger partial charge in [0, 0.05) is 0 Å². The van der Waals surface area contributed by atoms with Crippen LogP contribution in [0.1, 0.15) is 18.1 Å². The summed E-state index contributed by atoms with van der Waals surface area (Å²) in [7, 11) is 0. The number of nitrogens with one attached hydrogen (secondary N) is 1. The Hall–Kier alpha value is -2.62. The fourth-order valence-electron chi connectivity index (χ4n) is 2.47. The number of H-pyrrole nitrogens is 1. The summed E-state index contributed by atoms with van der Waals surface area (Å²) in [6.07, 6.45) is 1.64. The van der Waals surface area contributed by atoms with Crippen molar-refractivity contribution in [2.75, 3.05) is 0 Å². The Morgan fingerprint density at radius 1 is 1.15 bits per heavy atom. The number of hydrogen-bond acceptors (Lipinski definition) is 2. The SMILES string of the molecule is CC(C(N)=O)(c1ccccc1)c1ccc2[nH]cnc2c1. The average Bonchev–Trinajstić information content (AvgIpc) is 2.94. The van der Waals surface area contributed by atoms with Gasteiger partial charge in [0.15, 0.2) is 0 Å². The molecule has 20 heavy (non-hydrogen) atoms. The highest BCUT2D eigenvalue weighted by atomic mass is 16.1. The molecule has 0 spiro atoms. The van der Waals surface area contributed by atoms with Gasteiger partial charge in [-0.1, -0.05) is 36.4 Å². The molecule has 1 aromatic heterocycles. The van der Waals surface area contributed by atoms with Crippen LogP contribution in [0.15, 0.2) is 54.9 Å². The number of nitrogens with zero attached hydrogens (tertiary/aromatic N) is 1. The molecule has 1 amide bonds. The lowest BCUT2D eigenvalue weighted by Crippen LogP contribution is -2.39. The maximum Gasteiger partial charge on any atom is 0.232 e. The van der Waals surface area contributed by atoms with Crippen LogP contribution >= 0.6 is 0 Å². The van der Waals surface area contributed by atoms with Gasteiger partial charge < -0.3 is 10.7 Å². The zero-order chi connectivity index (χ0) is 14.2. The summed E-state index contributed by atoms with van der Waals surface area (Å²) >= 11 is 0. The molecule has 0 radical (unpaired) electrons. The normalized spacial score (nSPS) is 14.1. The molecule has 0 bridgehead atoms. The van der Waals surface area contributed by atoms with E-state index < -0.39 is 5.41 Å². The van der Waals surface area contributed by atoms with Crippen molar-refractivity contribution in [2.45, 2.75) is 12.3 Å². The van der Waals surface area contributed by atoms with Gasteiger partial charge in [-0.25, -0.2) is 4.98 Å². The zero-order valence-corrected chi connectivity index (χ0v) is 11.1. The lowest BCUT2D eigenvalue weighted by molar-refractivity contribution is -0.121. The first-order valence-electron chi connectivity index (χ1n) is 6.41. The topological polar surface area (TPSA) is 71.8 Å². The number of imidazole rings is 1. The zero-order valence-electron chi connectivity index (χ0n) is 11.1. The smallest absolute Gasteiger partial charge is 0.232 e. The fraction of sp³-hybridized carbons (Fsp3) is 0.125. The lowest BCUT2D eigenvalue weighted by atomic mass is 9.75. The fourth-order valence-corrected chi connectivity index (χ4v) is 2.47. The second kappa shape index (κ2) is 4.49. The summed E-state index contributed by atoms with van der Waals surface area (Å²) in [6.45, 7) is 1.85. The molecule has 1 unspecified atom stereocenters. The van der Waals surface area contributed by atoms with Gasteiger partial charge in [-0.3, -0.25) is 4.79 Å². The van der Waals surface area contributed by atoms with Crippen molar-refractivity contribution in [1.29, 1.82) is 0 Å². The van der Waals surface area contributed by atoms with E-state index in [1.807, 2.05) is 55.5 Å². The monoisotopic (exact) mass is 265 g/mol. The van der Waals surface area contributed by atoms with Crippen LogP contribution in [0.4, 0.5) is 0 Å². The summed E-state index contributed by atoms with van der Waals surface area (Å²) < 4.78 is 0. The number of carbonyl (C=O) groups excluding carboxylic acids is 1. The Morgan fingerprint density at radius 3 is 2.60 bits per heavy atom. The number of fused-ring (bicyclic) bond motifs is 1. The highest BCUT2D eigenvalue weighted by Crippen LogP contribution is 2.32. The van der Waals surface area contributed by atoms with Crippen molar-refractivity contribution in [3.05, 3.63) is 66.0 Å². The number of benzene rings is 2. The van der Waals surface area contributed by atoms with Crippen LogP contribution in [0.3, 0.4) is 0 Å². The van der Waals surface area contributed by atoms with E-state index in [4.69, 9.17) is 5.73 Å². The minimum atomic E-state index is -0.867. The van der Waals surface area contributed by atoms with Gasteiger partial charge in [-0.05, 0) is 30.2 Å². The maximum atomic E-state index is 12.1. The van der Waals surface area contributed by atoms with Gasteiger partial charge >= 0.3 is 0 Å². The van der Waals surface area contributed by atoms with E-state index in [-0.39, 0.29) is 5.91 Å². The molecule has 0 saturated carbocycles. The molecule has 3 aromatic rings. The number of primary amides is 1. The Kier molecular flexibility index (Phi) is 2.79. The number of hydrogen-bond donors (Lipinski definition) is 2. The molecular weight excluding hydrogens is 250 g/mol. The molecule has 1 heterocycles. The maximum absolute atomic E-state index is 12.1. The van der Waals surface area contributed by atoms with E-state index >= 15 is 0 Å². The third-order valence-electron chi connectivity index (χ3n) is 3.84. The molecule has 3 rings (SSSR count). The van der Waals surface area contributed by atoms with Crippen LogP contribution in [0, 0.1) is 0 Å². The van der Waals surface area contributed by atoms with Gasteiger partial charge in [0.2, 0.25) is 5.91 Å². The summed E-state index contributed by atoms with van der Waals surface area (Å²) in [5.41, 5.74) is 8.30. The molecule has 1 atom stereocenters. The van der Waals surface area contributed by atoms with Gasteiger partial charge in [0.1, 0.15) is 0 Å². The van der Waals surface area contributed by atoms with E-state index in [2.05, 4.69) is 9.97 Å². The first-order valence-corrected chi connectivity index (χ1v) is 6.41.